The second-order valence-electron chi connectivity index (χ2n) is 3.67. The van der Waals surface area contributed by atoms with Crippen molar-refractivity contribution >= 4 is 79.1 Å². The van der Waals surface area contributed by atoms with Crippen LogP contribution in [-0.2, 0) is 10.0 Å². The molecule has 20 heavy (non-hydrogen) atoms. The Morgan fingerprint density at radius 1 is 1.20 bits per heavy atom. The minimum atomic E-state index is -3.76. The van der Waals surface area contributed by atoms with Gasteiger partial charge in [0.1, 0.15) is 10.3 Å². The average Bonchev–Trinajstić information content (AvgIpc) is 2.95. The normalized spacial score (nSPS) is 14.4. The van der Waals surface area contributed by atoms with Crippen molar-refractivity contribution in [3.05, 3.63) is 38.9 Å². The number of thiophene rings is 2. The van der Waals surface area contributed by atoms with E-state index in [9.17, 15) is 8.42 Å². The summed E-state index contributed by atoms with van der Waals surface area (Å²) in [6, 6.07) is 5.33. The van der Waals surface area contributed by atoms with E-state index < -0.39 is 19.9 Å². The lowest BCUT2D eigenvalue weighted by atomic mass is 10.3. The van der Waals surface area contributed by atoms with E-state index in [-0.39, 0.29) is 4.21 Å². The predicted molar refractivity (Wildman–Crippen MR) is 87.0 cm³/mol. The van der Waals surface area contributed by atoms with Gasteiger partial charge in [-0.15, -0.1) is 22.7 Å². The van der Waals surface area contributed by atoms with Crippen LogP contribution in [-0.4, -0.2) is 12.2 Å². The molecule has 0 radical (unpaired) electrons. The molecular weight excluding hydrogens is 404 g/mol. The number of hydrogen-bond acceptors (Lipinski definition) is 4. The van der Waals surface area contributed by atoms with Gasteiger partial charge in [0.05, 0.1) is 4.34 Å². The lowest BCUT2D eigenvalue weighted by Crippen LogP contribution is -2.35. The van der Waals surface area contributed by atoms with E-state index in [4.69, 9.17) is 46.4 Å². The van der Waals surface area contributed by atoms with Crippen LogP contribution < -0.4 is 4.72 Å². The van der Waals surface area contributed by atoms with E-state index in [1.54, 1.807) is 23.6 Å². The molecule has 2 heterocycles. The lowest BCUT2D eigenvalue weighted by molar-refractivity contribution is 0.563. The van der Waals surface area contributed by atoms with Crippen LogP contribution in [0.2, 0.25) is 4.34 Å². The van der Waals surface area contributed by atoms with Crippen LogP contribution >= 0.6 is 69.1 Å². The first-order chi connectivity index (χ1) is 9.20. The first-order valence-electron chi connectivity index (χ1n) is 5.08. The molecule has 1 N–H and O–H groups in total. The van der Waals surface area contributed by atoms with Gasteiger partial charge in [0.25, 0.3) is 10.0 Å². The molecule has 0 aliphatic carbocycles. The van der Waals surface area contributed by atoms with Crippen molar-refractivity contribution in [2.75, 3.05) is 0 Å². The van der Waals surface area contributed by atoms with E-state index >= 15 is 0 Å². The van der Waals surface area contributed by atoms with E-state index in [1.807, 2.05) is 0 Å². The van der Waals surface area contributed by atoms with Gasteiger partial charge < -0.3 is 0 Å². The Hall–Kier alpha value is 0.470. The summed E-state index contributed by atoms with van der Waals surface area (Å²) < 4.78 is 25.7. The van der Waals surface area contributed by atoms with Crippen LogP contribution in [0, 0.1) is 0 Å². The summed E-state index contributed by atoms with van der Waals surface area (Å²) in [6.45, 7) is 0. The molecule has 3 nitrogen and oxygen atoms in total. The molecule has 2 rings (SSSR count). The monoisotopic (exact) mass is 409 g/mol. The third-order valence-electron chi connectivity index (χ3n) is 2.24. The van der Waals surface area contributed by atoms with Crippen molar-refractivity contribution in [1.82, 2.24) is 4.72 Å². The fraction of sp³-hybridized carbons (Fsp3) is 0.200. The number of rotatable bonds is 4. The Morgan fingerprint density at radius 2 is 1.90 bits per heavy atom. The maximum Gasteiger partial charge on any atom is 0.250 e. The quantitative estimate of drug-likeness (QED) is 0.732. The van der Waals surface area contributed by atoms with Crippen LogP contribution in [0.1, 0.15) is 10.9 Å². The summed E-state index contributed by atoms with van der Waals surface area (Å²) in [4.78, 5) is 0.523. The van der Waals surface area contributed by atoms with Gasteiger partial charge in [0.2, 0.25) is 3.79 Å². The van der Waals surface area contributed by atoms with Crippen LogP contribution in [0.15, 0.2) is 33.9 Å². The largest absolute Gasteiger partial charge is 0.250 e. The Balaban J connectivity index is 2.35. The van der Waals surface area contributed by atoms with Crippen LogP contribution in [0.3, 0.4) is 0 Å². The summed E-state index contributed by atoms with van der Waals surface area (Å²) in [5, 5.41) is 1.65. The van der Waals surface area contributed by atoms with Crippen LogP contribution in [0.5, 0.6) is 0 Å². The second kappa shape index (κ2) is 6.30. The Bertz CT molecular complexity index is 676. The molecule has 0 saturated carbocycles. The Morgan fingerprint density at radius 3 is 2.35 bits per heavy atom. The van der Waals surface area contributed by atoms with Crippen LogP contribution in [0.25, 0.3) is 0 Å². The third-order valence-corrected chi connectivity index (χ3v) is 7.01. The van der Waals surface area contributed by atoms with Gasteiger partial charge in [-0.25, -0.2) is 8.42 Å². The first kappa shape index (κ1) is 16.8. The molecule has 1 unspecified atom stereocenters. The molecule has 0 fully saturated rings. The molecule has 0 amide bonds. The summed E-state index contributed by atoms with van der Waals surface area (Å²) in [6.07, 6.45) is 0. The van der Waals surface area contributed by atoms with Gasteiger partial charge >= 0.3 is 0 Å². The molecule has 0 saturated heterocycles. The fourth-order valence-corrected chi connectivity index (χ4v) is 5.81. The van der Waals surface area contributed by atoms with Crippen molar-refractivity contribution < 1.29 is 8.42 Å². The first-order valence-corrected chi connectivity index (χ1v) is 9.77. The molecule has 0 spiro atoms. The highest BCUT2D eigenvalue weighted by molar-refractivity contribution is 7.91. The smallest absolute Gasteiger partial charge is 0.206 e. The van der Waals surface area contributed by atoms with Gasteiger partial charge in [-0.05, 0) is 23.6 Å². The number of alkyl halides is 3. The zero-order valence-corrected chi connectivity index (χ0v) is 15.0. The summed E-state index contributed by atoms with van der Waals surface area (Å²) >= 11 is 25.7. The minimum absolute atomic E-state index is 0.152. The number of sulfonamides is 1. The molecule has 0 aliphatic heterocycles. The van der Waals surface area contributed by atoms with Gasteiger partial charge in [0, 0.05) is 4.88 Å². The van der Waals surface area contributed by atoms with Crippen molar-refractivity contribution in [2.24, 2.45) is 0 Å². The Labute approximate surface area is 144 Å². The summed E-state index contributed by atoms with van der Waals surface area (Å²) in [5.41, 5.74) is 0. The molecule has 0 aliphatic rings. The average molecular weight is 411 g/mol. The van der Waals surface area contributed by atoms with E-state index in [0.29, 0.717) is 9.21 Å². The zero-order valence-electron chi connectivity index (χ0n) is 9.52. The lowest BCUT2D eigenvalue weighted by Gasteiger charge is -2.24. The van der Waals surface area contributed by atoms with Gasteiger partial charge in [-0.3, -0.25) is 0 Å². The van der Waals surface area contributed by atoms with Crippen molar-refractivity contribution in [3.8, 4) is 0 Å². The van der Waals surface area contributed by atoms with Gasteiger partial charge in [-0.2, -0.15) is 4.72 Å². The minimum Gasteiger partial charge on any atom is -0.206 e. The summed E-state index contributed by atoms with van der Waals surface area (Å²) in [7, 11) is -3.76. The molecule has 0 aromatic carbocycles. The van der Waals surface area contributed by atoms with Crippen molar-refractivity contribution in [2.45, 2.75) is 14.0 Å². The van der Waals surface area contributed by atoms with E-state index in [1.165, 1.54) is 6.07 Å². The molecule has 10 heteroatoms. The van der Waals surface area contributed by atoms with Crippen molar-refractivity contribution in [3.63, 3.8) is 0 Å². The SMILES string of the molecule is O=S(=O)(NC(c1ccc(Cl)s1)C(Cl)(Cl)Cl)c1cccs1. The highest BCUT2D eigenvalue weighted by Crippen LogP contribution is 2.43. The molecule has 1 atom stereocenters. The number of halogens is 4. The highest BCUT2D eigenvalue weighted by atomic mass is 35.6. The molecule has 2 aromatic rings. The topological polar surface area (TPSA) is 46.2 Å². The number of hydrogen-bond donors (Lipinski definition) is 1. The second-order valence-corrected chi connectivity index (χ2v) is 10.7. The van der Waals surface area contributed by atoms with Crippen LogP contribution in [0.4, 0.5) is 0 Å². The maximum absolute atomic E-state index is 12.2. The zero-order chi connectivity index (χ0) is 15.0. The van der Waals surface area contributed by atoms with E-state index in [2.05, 4.69) is 4.72 Å². The third kappa shape index (κ3) is 4.01. The molecule has 0 bridgehead atoms. The predicted octanol–water partition coefficient (Wildman–Crippen LogP) is 4.85. The number of nitrogens with one attached hydrogen (secondary N) is 1. The fourth-order valence-electron chi connectivity index (χ4n) is 1.40. The maximum atomic E-state index is 12.2. The van der Waals surface area contributed by atoms with Gasteiger partial charge in [0.15, 0.2) is 0 Å². The van der Waals surface area contributed by atoms with E-state index in [0.717, 1.165) is 22.7 Å². The summed E-state index contributed by atoms with van der Waals surface area (Å²) in [5.74, 6) is 0. The highest BCUT2D eigenvalue weighted by Gasteiger charge is 2.38. The molecule has 2 aromatic heterocycles. The molecular formula is C10H7Cl4NO2S3. The van der Waals surface area contributed by atoms with Gasteiger partial charge in [-0.1, -0.05) is 52.5 Å². The molecule has 110 valence electrons. The standard InChI is InChI=1S/C10H7Cl4NO2S3/c11-7-4-3-6(19-7)9(10(12,13)14)15-20(16,17)8-2-1-5-18-8/h1-5,9,15H. The van der Waals surface area contributed by atoms with Crippen molar-refractivity contribution in [1.29, 1.82) is 0 Å². The Kier molecular flexibility index (Phi) is 5.30.